The Morgan fingerprint density at radius 3 is 2.53 bits per heavy atom. The molecule has 0 unspecified atom stereocenters. The van der Waals surface area contributed by atoms with Gasteiger partial charge < -0.3 is 20.1 Å². The average Bonchev–Trinajstić information content (AvgIpc) is 2.64. The van der Waals surface area contributed by atoms with Gasteiger partial charge in [-0.3, -0.25) is 14.3 Å². The molecule has 4 atom stereocenters. The number of halogens is 1. The molecule has 0 spiro atoms. The van der Waals surface area contributed by atoms with Gasteiger partial charge in [0, 0.05) is 0 Å². The SMILES string of the molecule is Cc1c(F)c(=O)[nH]c(=O)n1[C@@H]1O[C@H](CO)[C@@H](O)[C@H]1O. The van der Waals surface area contributed by atoms with Crippen molar-refractivity contribution in [3.05, 3.63) is 32.3 Å². The zero-order valence-corrected chi connectivity index (χ0v) is 9.91. The van der Waals surface area contributed by atoms with E-state index in [1.165, 1.54) is 6.92 Å². The van der Waals surface area contributed by atoms with E-state index in [0.29, 0.717) is 4.57 Å². The van der Waals surface area contributed by atoms with Crippen LogP contribution >= 0.6 is 0 Å². The second-order valence-corrected chi connectivity index (χ2v) is 4.26. The first-order chi connectivity index (χ1) is 8.88. The minimum atomic E-state index is -1.53. The molecule has 1 aromatic rings. The summed E-state index contributed by atoms with van der Waals surface area (Å²) in [4.78, 5) is 24.4. The van der Waals surface area contributed by atoms with Crippen LogP contribution in [0.25, 0.3) is 0 Å². The van der Waals surface area contributed by atoms with E-state index >= 15 is 0 Å². The van der Waals surface area contributed by atoms with E-state index in [9.17, 15) is 24.2 Å². The van der Waals surface area contributed by atoms with Crippen molar-refractivity contribution in [2.24, 2.45) is 0 Å². The van der Waals surface area contributed by atoms with E-state index in [4.69, 9.17) is 9.84 Å². The minimum Gasteiger partial charge on any atom is -0.394 e. The molecule has 9 heteroatoms. The smallest absolute Gasteiger partial charge is 0.330 e. The van der Waals surface area contributed by atoms with Crippen molar-refractivity contribution >= 4 is 0 Å². The van der Waals surface area contributed by atoms with E-state index in [-0.39, 0.29) is 5.69 Å². The molecular formula is C10H13FN2O6. The maximum Gasteiger partial charge on any atom is 0.330 e. The third kappa shape index (κ3) is 2.10. The summed E-state index contributed by atoms with van der Waals surface area (Å²) in [5, 5.41) is 28.3. The molecule has 106 valence electrons. The van der Waals surface area contributed by atoms with Gasteiger partial charge in [-0.2, -0.15) is 4.39 Å². The molecule has 1 aliphatic rings. The lowest BCUT2D eigenvalue weighted by Gasteiger charge is -2.19. The van der Waals surface area contributed by atoms with Gasteiger partial charge in [-0.25, -0.2) is 4.79 Å². The Bertz CT molecular complexity index is 597. The molecule has 2 rings (SSSR count). The first-order valence-electron chi connectivity index (χ1n) is 5.51. The maximum absolute atomic E-state index is 13.5. The summed E-state index contributed by atoms with van der Waals surface area (Å²) < 4.78 is 19.3. The summed E-state index contributed by atoms with van der Waals surface area (Å²) in [6.07, 6.45) is -5.43. The summed E-state index contributed by atoms with van der Waals surface area (Å²) in [6.45, 7) is 0.592. The first-order valence-corrected chi connectivity index (χ1v) is 5.51. The second kappa shape index (κ2) is 4.85. The Kier molecular flexibility index (Phi) is 3.54. The Morgan fingerprint density at radius 2 is 2.00 bits per heavy atom. The van der Waals surface area contributed by atoms with Crippen molar-refractivity contribution < 1.29 is 24.4 Å². The first kappa shape index (κ1) is 13.9. The van der Waals surface area contributed by atoms with Crippen molar-refractivity contribution in [2.75, 3.05) is 6.61 Å². The van der Waals surface area contributed by atoms with E-state index < -0.39 is 48.2 Å². The quantitative estimate of drug-likeness (QED) is 0.477. The van der Waals surface area contributed by atoms with Crippen LogP contribution in [0.1, 0.15) is 11.9 Å². The number of aliphatic hydroxyl groups excluding tert-OH is 3. The van der Waals surface area contributed by atoms with Crippen LogP contribution in [0.15, 0.2) is 9.59 Å². The Labute approximate surface area is 105 Å². The third-order valence-electron chi connectivity index (χ3n) is 3.09. The monoisotopic (exact) mass is 276 g/mol. The summed E-state index contributed by atoms with van der Waals surface area (Å²) in [6, 6.07) is 0. The highest BCUT2D eigenvalue weighted by molar-refractivity contribution is 5.05. The molecule has 4 N–H and O–H groups in total. The van der Waals surface area contributed by atoms with Crippen LogP contribution in [-0.4, -0.2) is 49.8 Å². The highest BCUT2D eigenvalue weighted by Crippen LogP contribution is 2.28. The van der Waals surface area contributed by atoms with E-state index in [1.807, 2.05) is 0 Å². The highest BCUT2D eigenvalue weighted by atomic mass is 19.1. The summed E-state index contributed by atoms with van der Waals surface area (Å²) in [5.74, 6) is -1.18. The third-order valence-corrected chi connectivity index (χ3v) is 3.09. The minimum absolute atomic E-state index is 0.330. The fraction of sp³-hybridized carbons (Fsp3) is 0.600. The van der Waals surface area contributed by atoms with Gasteiger partial charge in [-0.1, -0.05) is 0 Å². The largest absolute Gasteiger partial charge is 0.394 e. The molecule has 0 aliphatic carbocycles. The average molecular weight is 276 g/mol. The maximum atomic E-state index is 13.5. The zero-order valence-electron chi connectivity index (χ0n) is 9.91. The number of aromatic nitrogens is 2. The highest BCUT2D eigenvalue weighted by Gasteiger charge is 2.44. The number of nitrogens with zero attached hydrogens (tertiary/aromatic N) is 1. The lowest BCUT2D eigenvalue weighted by atomic mass is 10.1. The number of ether oxygens (including phenoxy) is 1. The lowest BCUT2D eigenvalue weighted by Crippen LogP contribution is -2.40. The van der Waals surface area contributed by atoms with Crippen LogP contribution < -0.4 is 11.2 Å². The van der Waals surface area contributed by atoms with Crippen molar-refractivity contribution in [1.29, 1.82) is 0 Å². The predicted octanol–water partition coefficient (Wildman–Crippen LogP) is -2.40. The van der Waals surface area contributed by atoms with Crippen LogP contribution in [0.2, 0.25) is 0 Å². The Hall–Kier alpha value is -1.55. The summed E-state index contributed by atoms with van der Waals surface area (Å²) in [5.41, 5.74) is -2.48. The number of aromatic amines is 1. The number of hydrogen-bond donors (Lipinski definition) is 4. The van der Waals surface area contributed by atoms with Gasteiger partial charge in [0.2, 0.25) is 5.82 Å². The van der Waals surface area contributed by atoms with E-state index in [1.54, 1.807) is 4.98 Å². The fourth-order valence-corrected chi connectivity index (χ4v) is 2.03. The van der Waals surface area contributed by atoms with Crippen LogP contribution in [0.5, 0.6) is 0 Å². The van der Waals surface area contributed by atoms with Gasteiger partial charge >= 0.3 is 5.69 Å². The van der Waals surface area contributed by atoms with Gasteiger partial charge in [0.15, 0.2) is 6.23 Å². The van der Waals surface area contributed by atoms with Crippen molar-refractivity contribution in [2.45, 2.75) is 31.5 Å². The van der Waals surface area contributed by atoms with Crippen LogP contribution in [-0.2, 0) is 4.74 Å². The molecule has 1 aliphatic heterocycles. The molecule has 1 aromatic heterocycles. The molecule has 1 fully saturated rings. The molecule has 2 heterocycles. The molecule has 8 nitrogen and oxygen atoms in total. The standard InChI is InChI=1S/C10H13FN2O6/c1-3-5(11)8(17)12-10(18)13(3)9-7(16)6(15)4(2-14)19-9/h4,6-7,9,14-16H,2H2,1H3,(H,12,17,18)/t4-,6-,7-,9-/m1/s1. The zero-order chi connectivity index (χ0) is 14.3. The molecule has 0 aromatic carbocycles. The number of H-pyrrole nitrogens is 1. The van der Waals surface area contributed by atoms with Crippen LogP contribution in [0.4, 0.5) is 4.39 Å². The van der Waals surface area contributed by atoms with E-state index in [0.717, 1.165) is 0 Å². The van der Waals surface area contributed by atoms with Crippen molar-refractivity contribution in [1.82, 2.24) is 9.55 Å². The van der Waals surface area contributed by atoms with Crippen molar-refractivity contribution in [3.8, 4) is 0 Å². The summed E-state index contributed by atoms with van der Waals surface area (Å²) >= 11 is 0. The van der Waals surface area contributed by atoms with Crippen molar-refractivity contribution in [3.63, 3.8) is 0 Å². The number of rotatable bonds is 2. The van der Waals surface area contributed by atoms with Crippen LogP contribution in [0.3, 0.4) is 0 Å². The molecule has 1 saturated heterocycles. The normalized spacial score (nSPS) is 30.8. The molecule has 19 heavy (non-hydrogen) atoms. The molecule has 0 radical (unpaired) electrons. The topological polar surface area (TPSA) is 125 Å². The van der Waals surface area contributed by atoms with Crippen LogP contribution in [0, 0.1) is 12.7 Å². The summed E-state index contributed by atoms with van der Waals surface area (Å²) in [7, 11) is 0. The molecule has 0 saturated carbocycles. The number of nitrogens with one attached hydrogen (secondary N) is 1. The number of aliphatic hydroxyl groups is 3. The van der Waals surface area contributed by atoms with Gasteiger partial charge in [-0.05, 0) is 6.92 Å². The number of hydrogen-bond acceptors (Lipinski definition) is 6. The van der Waals surface area contributed by atoms with Gasteiger partial charge in [0.1, 0.15) is 18.3 Å². The van der Waals surface area contributed by atoms with Gasteiger partial charge in [-0.15, -0.1) is 0 Å². The van der Waals surface area contributed by atoms with E-state index in [2.05, 4.69) is 0 Å². The predicted molar refractivity (Wildman–Crippen MR) is 59.0 cm³/mol. The molecular weight excluding hydrogens is 263 g/mol. The molecule has 0 amide bonds. The fourth-order valence-electron chi connectivity index (χ4n) is 2.03. The second-order valence-electron chi connectivity index (χ2n) is 4.26. The van der Waals surface area contributed by atoms with Gasteiger partial charge in [0.05, 0.1) is 12.3 Å². The lowest BCUT2D eigenvalue weighted by molar-refractivity contribution is -0.0564. The Balaban J connectivity index is 2.52. The van der Waals surface area contributed by atoms with Gasteiger partial charge in [0.25, 0.3) is 5.56 Å². The molecule has 0 bridgehead atoms. The Morgan fingerprint density at radius 1 is 1.37 bits per heavy atom.